The second kappa shape index (κ2) is 7.81. The van der Waals surface area contributed by atoms with Gasteiger partial charge in [0.1, 0.15) is 5.56 Å². The maximum absolute atomic E-state index is 12.6. The minimum Gasteiger partial charge on any atom is -0.385 e. The lowest BCUT2D eigenvalue weighted by Gasteiger charge is -2.11. The monoisotopic (exact) mass is 338 g/mol. The van der Waals surface area contributed by atoms with Gasteiger partial charge in [-0.25, -0.2) is 4.68 Å². The van der Waals surface area contributed by atoms with Crippen molar-refractivity contribution in [2.45, 2.75) is 13.3 Å². The van der Waals surface area contributed by atoms with Gasteiger partial charge in [0.2, 0.25) is 0 Å². The molecule has 0 atom stereocenters. The molecule has 3 rings (SSSR count). The molecule has 0 saturated carbocycles. The highest BCUT2D eigenvalue weighted by Gasteiger charge is 2.19. The Labute approximate surface area is 147 Å². The third-order valence-corrected chi connectivity index (χ3v) is 3.93. The number of ether oxygens (including phenoxy) is 1. The molecule has 2 heterocycles. The summed E-state index contributed by atoms with van der Waals surface area (Å²) in [6, 6.07) is 11.9. The Morgan fingerprint density at radius 2 is 1.92 bits per heavy atom. The molecule has 0 radical (unpaired) electrons. The third-order valence-electron chi connectivity index (χ3n) is 3.93. The van der Waals surface area contributed by atoms with Gasteiger partial charge in [-0.05, 0) is 37.6 Å². The molecule has 1 aromatic carbocycles. The molecule has 3 aromatic rings. The van der Waals surface area contributed by atoms with Crippen LogP contribution in [0.1, 0.15) is 22.3 Å². The van der Waals surface area contributed by atoms with E-state index in [9.17, 15) is 4.79 Å². The van der Waals surface area contributed by atoms with Gasteiger partial charge in [-0.15, -0.1) is 0 Å². The molecule has 0 spiro atoms. The van der Waals surface area contributed by atoms with Crippen molar-refractivity contribution >= 4 is 5.91 Å². The van der Waals surface area contributed by atoms with Crippen molar-refractivity contribution in [3.8, 4) is 11.5 Å². The Morgan fingerprint density at radius 3 is 2.60 bits per heavy atom. The standard InChI is InChI=1S/C19H22N4O2/c1-15-6-8-16(9-7-15)23-19(22-11-3-4-12-22)17(14-21-23)18(24)20-10-5-13-25-2/h3-4,6-9,11-12,14H,5,10,13H2,1-2H3,(H,20,24). The van der Waals surface area contributed by atoms with Gasteiger partial charge in [0.15, 0.2) is 5.82 Å². The second-order valence-electron chi connectivity index (χ2n) is 5.82. The van der Waals surface area contributed by atoms with E-state index >= 15 is 0 Å². The van der Waals surface area contributed by atoms with Gasteiger partial charge in [0.05, 0.1) is 11.9 Å². The van der Waals surface area contributed by atoms with Gasteiger partial charge in [0, 0.05) is 32.7 Å². The SMILES string of the molecule is COCCCNC(=O)c1cnn(-c2ccc(C)cc2)c1-n1cccc1. The number of carbonyl (C=O) groups excluding carboxylic acids is 1. The molecular formula is C19H22N4O2. The first-order valence-corrected chi connectivity index (χ1v) is 8.26. The van der Waals surface area contributed by atoms with E-state index in [0.717, 1.165) is 17.9 Å². The van der Waals surface area contributed by atoms with Crippen molar-refractivity contribution in [1.29, 1.82) is 0 Å². The van der Waals surface area contributed by atoms with Crippen LogP contribution >= 0.6 is 0 Å². The summed E-state index contributed by atoms with van der Waals surface area (Å²) in [4.78, 5) is 12.6. The third kappa shape index (κ3) is 3.80. The van der Waals surface area contributed by atoms with E-state index in [1.165, 1.54) is 5.56 Å². The average Bonchev–Trinajstić information content (AvgIpc) is 3.28. The summed E-state index contributed by atoms with van der Waals surface area (Å²) in [6.45, 7) is 3.22. The molecule has 6 heteroatoms. The highest BCUT2D eigenvalue weighted by atomic mass is 16.5. The van der Waals surface area contributed by atoms with Crippen LogP contribution in [0.4, 0.5) is 0 Å². The van der Waals surface area contributed by atoms with Gasteiger partial charge >= 0.3 is 0 Å². The molecular weight excluding hydrogens is 316 g/mol. The lowest BCUT2D eigenvalue weighted by atomic mass is 10.2. The van der Waals surface area contributed by atoms with Crippen LogP contribution < -0.4 is 5.32 Å². The minimum atomic E-state index is -0.141. The van der Waals surface area contributed by atoms with Gasteiger partial charge in [-0.2, -0.15) is 5.10 Å². The molecule has 25 heavy (non-hydrogen) atoms. The largest absolute Gasteiger partial charge is 0.385 e. The van der Waals surface area contributed by atoms with Crippen molar-refractivity contribution in [3.63, 3.8) is 0 Å². The number of rotatable bonds is 7. The molecule has 130 valence electrons. The van der Waals surface area contributed by atoms with E-state index in [0.29, 0.717) is 18.7 Å². The number of hydrogen-bond donors (Lipinski definition) is 1. The highest BCUT2D eigenvalue weighted by molar-refractivity contribution is 5.97. The first-order chi connectivity index (χ1) is 12.2. The van der Waals surface area contributed by atoms with Crippen LogP contribution in [0.5, 0.6) is 0 Å². The highest BCUT2D eigenvalue weighted by Crippen LogP contribution is 2.20. The van der Waals surface area contributed by atoms with E-state index < -0.39 is 0 Å². The zero-order chi connectivity index (χ0) is 17.6. The number of hydrogen-bond acceptors (Lipinski definition) is 3. The fraction of sp³-hybridized carbons (Fsp3) is 0.263. The van der Waals surface area contributed by atoms with Crippen LogP contribution in [0, 0.1) is 6.92 Å². The quantitative estimate of drug-likeness (QED) is 0.674. The smallest absolute Gasteiger partial charge is 0.256 e. The van der Waals surface area contributed by atoms with Crippen LogP contribution in [0.2, 0.25) is 0 Å². The van der Waals surface area contributed by atoms with Crippen LogP contribution in [-0.2, 0) is 4.74 Å². The predicted octanol–water partition coefficient (Wildman–Crippen LogP) is 2.74. The molecule has 0 bridgehead atoms. The summed E-state index contributed by atoms with van der Waals surface area (Å²) >= 11 is 0. The number of amides is 1. The van der Waals surface area contributed by atoms with E-state index in [-0.39, 0.29) is 5.91 Å². The van der Waals surface area contributed by atoms with Gasteiger partial charge < -0.3 is 14.6 Å². The topological polar surface area (TPSA) is 61.1 Å². The predicted molar refractivity (Wildman–Crippen MR) is 96.5 cm³/mol. The first kappa shape index (κ1) is 17.0. The summed E-state index contributed by atoms with van der Waals surface area (Å²) in [5, 5.41) is 7.37. The first-order valence-electron chi connectivity index (χ1n) is 8.26. The van der Waals surface area contributed by atoms with Crippen molar-refractivity contribution in [2.24, 2.45) is 0 Å². The van der Waals surface area contributed by atoms with Gasteiger partial charge in [-0.3, -0.25) is 4.79 Å². The number of nitrogens with one attached hydrogen (secondary N) is 1. The number of aryl methyl sites for hydroxylation is 1. The molecule has 1 N–H and O–H groups in total. The zero-order valence-electron chi connectivity index (χ0n) is 14.5. The number of nitrogens with zero attached hydrogens (tertiary/aromatic N) is 3. The molecule has 0 saturated heterocycles. The molecule has 2 aromatic heterocycles. The van der Waals surface area contributed by atoms with Crippen LogP contribution in [0.3, 0.4) is 0 Å². The average molecular weight is 338 g/mol. The molecule has 0 unspecified atom stereocenters. The Morgan fingerprint density at radius 1 is 1.20 bits per heavy atom. The fourth-order valence-corrected chi connectivity index (χ4v) is 2.61. The van der Waals surface area contributed by atoms with Gasteiger partial charge in [0.25, 0.3) is 5.91 Å². The van der Waals surface area contributed by atoms with Crippen molar-refractivity contribution in [1.82, 2.24) is 19.7 Å². The Kier molecular flexibility index (Phi) is 5.30. The lowest BCUT2D eigenvalue weighted by molar-refractivity contribution is 0.0948. The Bertz CT molecular complexity index is 820. The van der Waals surface area contributed by atoms with E-state index in [1.807, 2.05) is 60.3 Å². The summed E-state index contributed by atoms with van der Waals surface area (Å²) in [5.74, 6) is 0.580. The lowest BCUT2D eigenvalue weighted by Crippen LogP contribution is -2.26. The summed E-state index contributed by atoms with van der Waals surface area (Å²) in [6.07, 6.45) is 6.20. The van der Waals surface area contributed by atoms with Crippen molar-refractivity contribution < 1.29 is 9.53 Å². The second-order valence-corrected chi connectivity index (χ2v) is 5.82. The molecule has 0 aliphatic heterocycles. The Balaban J connectivity index is 1.94. The van der Waals surface area contributed by atoms with Crippen LogP contribution in [-0.4, -0.2) is 40.5 Å². The fourth-order valence-electron chi connectivity index (χ4n) is 2.61. The molecule has 0 aliphatic carbocycles. The number of aromatic nitrogens is 3. The minimum absolute atomic E-state index is 0.141. The summed E-state index contributed by atoms with van der Waals surface area (Å²) in [5.41, 5.74) is 2.62. The normalized spacial score (nSPS) is 10.8. The Hall–Kier alpha value is -2.86. The van der Waals surface area contributed by atoms with E-state index in [1.54, 1.807) is 18.0 Å². The maximum Gasteiger partial charge on any atom is 0.256 e. The summed E-state index contributed by atoms with van der Waals surface area (Å²) in [7, 11) is 1.65. The van der Waals surface area contributed by atoms with Crippen LogP contribution in [0.15, 0.2) is 55.0 Å². The van der Waals surface area contributed by atoms with Crippen molar-refractivity contribution in [3.05, 3.63) is 66.1 Å². The number of benzene rings is 1. The van der Waals surface area contributed by atoms with Gasteiger partial charge in [-0.1, -0.05) is 17.7 Å². The number of carbonyl (C=O) groups is 1. The molecule has 6 nitrogen and oxygen atoms in total. The maximum atomic E-state index is 12.6. The van der Waals surface area contributed by atoms with Crippen molar-refractivity contribution in [2.75, 3.05) is 20.3 Å². The van der Waals surface area contributed by atoms with E-state index in [2.05, 4.69) is 10.4 Å². The molecule has 0 fully saturated rings. The van der Waals surface area contributed by atoms with E-state index in [4.69, 9.17) is 4.74 Å². The molecule has 1 amide bonds. The number of methoxy groups -OCH3 is 1. The zero-order valence-corrected chi connectivity index (χ0v) is 14.5. The molecule has 0 aliphatic rings. The summed E-state index contributed by atoms with van der Waals surface area (Å²) < 4.78 is 8.69. The van der Waals surface area contributed by atoms with Crippen LogP contribution in [0.25, 0.3) is 11.5 Å².